The second-order valence-electron chi connectivity index (χ2n) is 5.26. The van der Waals surface area contributed by atoms with Crippen LogP contribution in [0, 0.1) is 5.92 Å². The third-order valence-corrected chi connectivity index (χ3v) is 4.49. The topological polar surface area (TPSA) is 37.8 Å². The van der Waals surface area contributed by atoms with Crippen LogP contribution in [0.1, 0.15) is 69.0 Å². The molecule has 1 aliphatic carbocycles. The summed E-state index contributed by atoms with van der Waals surface area (Å²) in [5.74, 6) is 1.26. The van der Waals surface area contributed by atoms with Gasteiger partial charge in [0, 0.05) is 6.04 Å². The number of rotatable bonds is 5. The molecular formula is C13H23N3S. The molecule has 96 valence electrons. The van der Waals surface area contributed by atoms with Crippen LogP contribution in [0.3, 0.4) is 0 Å². The van der Waals surface area contributed by atoms with Gasteiger partial charge in [-0.1, -0.05) is 38.1 Å². The van der Waals surface area contributed by atoms with Crippen molar-refractivity contribution in [1.29, 1.82) is 0 Å². The molecular weight excluding hydrogens is 230 g/mol. The number of hydrogen-bond donors (Lipinski definition) is 1. The Morgan fingerprint density at radius 2 is 2.06 bits per heavy atom. The zero-order valence-electron chi connectivity index (χ0n) is 11.1. The molecule has 1 atom stereocenters. The largest absolute Gasteiger partial charge is 0.309 e. The van der Waals surface area contributed by atoms with Crippen molar-refractivity contribution in [3.8, 4) is 0 Å². The lowest BCUT2D eigenvalue weighted by atomic mass is 9.93. The number of hydrogen-bond acceptors (Lipinski definition) is 4. The second-order valence-corrected chi connectivity index (χ2v) is 6.04. The molecule has 0 amide bonds. The van der Waals surface area contributed by atoms with Gasteiger partial charge in [0.15, 0.2) is 0 Å². The van der Waals surface area contributed by atoms with Crippen LogP contribution in [0.15, 0.2) is 0 Å². The van der Waals surface area contributed by atoms with Crippen LogP contribution >= 0.6 is 11.5 Å². The third-order valence-electron chi connectivity index (χ3n) is 3.66. The van der Waals surface area contributed by atoms with Crippen molar-refractivity contribution >= 4 is 11.5 Å². The first-order valence-corrected chi connectivity index (χ1v) is 7.56. The smallest absolute Gasteiger partial charge is 0.0829 e. The van der Waals surface area contributed by atoms with Gasteiger partial charge in [-0.25, -0.2) is 0 Å². The van der Waals surface area contributed by atoms with Gasteiger partial charge in [-0.3, -0.25) is 0 Å². The highest BCUT2D eigenvalue weighted by Crippen LogP contribution is 2.39. The quantitative estimate of drug-likeness (QED) is 0.872. The maximum Gasteiger partial charge on any atom is 0.0829 e. The van der Waals surface area contributed by atoms with Gasteiger partial charge in [0.05, 0.1) is 10.6 Å². The summed E-state index contributed by atoms with van der Waals surface area (Å²) in [4.78, 5) is 1.38. The molecule has 0 saturated heterocycles. The zero-order chi connectivity index (χ0) is 12.3. The summed E-state index contributed by atoms with van der Waals surface area (Å²) in [7, 11) is 0. The standard InChI is InChI=1S/C13H23N3S/c1-4-14-12(10-7-5-6-8-10)13-11(9(2)3)15-16-17-13/h9-10,12,14H,4-8H2,1-3H3. The lowest BCUT2D eigenvalue weighted by Gasteiger charge is -2.24. The van der Waals surface area contributed by atoms with Crippen LogP contribution in [0.25, 0.3) is 0 Å². The summed E-state index contributed by atoms with van der Waals surface area (Å²) in [6.45, 7) is 7.62. The Morgan fingerprint density at radius 3 is 2.65 bits per heavy atom. The van der Waals surface area contributed by atoms with Gasteiger partial charge in [-0.2, -0.15) is 0 Å². The Morgan fingerprint density at radius 1 is 1.35 bits per heavy atom. The maximum atomic E-state index is 4.32. The fraction of sp³-hybridized carbons (Fsp3) is 0.846. The molecule has 1 heterocycles. The Hall–Kier alpha value is -0.480. The molecule has 1 unspecified atom stereocenters. The molecule has 1 saturated carbocycles. The molecule has 2 rings (SSSR count). The molecule has 0 bridgehead atoms. The molecule has 1 aromatic heterocycles. The normalized spacial score (nSPS) is 19.1. The average molecular weight is 253 g/mol. The highest BCUT2D eigenvalue weighted by atomic mass is 32.1. The predicted octanol–water partition coefficient (Wildman–Crippen LogP) is 3.50. The van der Waals surface area contributed by atoms with Crippen molar-refractivity contribution in [2.45, 2.75) is 58.4 Å². The lowest BCUT2D eigenvalue weighted by Crippen LogP contribution is -2.27. The van der Waals surface area contributed by atoms with E-state index in [9.17, 15) is 0 Å². The highest BCUT2D eigenvalue weighted by molar-refractivity contribution is 7.05. The molecule has 1 aromatic rings. The average Bonchev–Trinajstić information content (AvgIpc) is 2.96. The first-order chi connectivity index (χ1) is 8.24. The molecule has 1 aliphatic rings. The van der Waals surface area contributed by atoms with Gasteiger partial charge in [-0.15, -0.1) is 5.10 Å². The minimum Gasteiger partial charge on any atom is -0.309 e. The van der Waals surface area contributed by atoms with Gasteiger partial charge in [0.2, 0.25) is 0 Å². The van der Waals surface area contributed by atoms with Crippen molar-refractivity contribution in [2.24, 2.45) is 5.92 Å². The highest BCUT2D eigenvalue weighted by Gasteiger charge is 2.29. The number of nitrogens with one attached hydrogen (secondary N) is 1. The molecule has 4 heteroatoms. The second kappa shape index (κ2) is 5.91. The molecule has 3 nitrogen and oxygen atoms in total. The van der Waals surface area contributed by atoms with E-state index in [0.717, 1.165) is 12.5 Å². The summed E-state index contributed by atoms with van der Waals surface area (Å²) < 4.78 is 4.17. The van der Waals surface area contributed by atoms with E-state index in [4.69, 9.17) is 0 Å². The van der Waals surface area contributed by atoms with Gasteiger partial charge in [-0.05, 0) is 42.8 Å². The van der Waals surface area contributed by atoms with E-state index in [0.29, 0.717) is 12.0 Å². The summed E-state index contributed by atoms with van der Waals surface area (Å²) in [5, 5.41) is 7.97. The van der Waals surface area contributed by atoms with Crippen LogP contribution in [0.5, 0.6) is 0 Å². The van der Waals surface area contributed by atoms with E-state index < -0.39 is 0 Å². The monoisotopic (exact) mass is 253 g/mol. The third kappa shape index (κ3) is 2.86. The summed E-state index contributed by atoms with van der Waals surface area (Å²) >= 11 is 1.59. The van der Waals surface area contributed by atoms with Gasteiger partial charge < -0.3 is 5.32 Å². The Bertz CT molecular complexity index is 342. The molecule has 17 heavy (non-hydrogen) atoms. The van der Waals surface area contributed by atoms with Crippen LogP contribution in [0.4, 0.5) is 0 Å². The van der Waals surface area contributed by atoms with Gasteiger partial charge >= 0.3 is 0 Å². The molecule has 0 radical (unpaired) electrons. The van der Waals surface area contributed by atoms with Crippen molar-refractivity contribution < 1.29 is 0 Å². The Labute approximate surface area is 108 Å². The minimum absolute atomic E-state index is 0.478. The number of aromatic nitrogens is 2. The first-order valence-electron chi connectivity index (χ1n) is 6.79. The Balaban J connectivity index is 2.21. The van der Waals surface area contributed by atoms with Crippen molar-refractivity contribution in [3.05, 3.63) is 10.6 Å². The van der Waals surface area contributed by atoms with Crippen molar-refractivity contribution in [2.75, 3.05) is 6.54 Å². The van der Waals surface area contributed by atoms with Gasteiger partial charge in [0.25, 0.3) is 0 Å². The van der Waals surface area contributed by atoms with Crippen molar-refractivity contribution in [3.63, 3.8) is 0 Å². The van der Waals surface area contributed by atoms with E-state index in [-0.39, 0.29) is 0 Å². The lowest BCUT2D eigenvalue weighted by molar-refractivity contribution is 0.376. The fourth-order valence-corrected chi connectivity index (χ4v) is 3.78. The van der Waals surface area contributed by atoms with Crippen molar-refractivity contribution in [1.82, 2.24) is 14.9 Å². The van der Waals surface area contributed by atoms with E-state index in [2.05, 4.69) is 35.7 Å². The van der Waals surface area contributed by atoms with Crippen LogP contribution < -0.4 is 5.32 Å². The SMILES string of the molecule is CCNC(c1snnc1C(C)C)C1CCCC1. The van der Waals surface area contributed by atoms with Crippen LogP contribution in [-0.2, 0) is 0 Å². The fourth-order valence-electron chi connectivity index (χ4n) is 2.80. The minimum atomic E-state index is 0.478. The molecule has 0 aliphatic heterocycles. The first kappa shape index (κ1) is 13.0. The predicted molar refractivity (Wildman–Crippen MR) is 72.4 cm³/mol. The summed E-state index contributed by atoms with van der Waals surface area (Å²) in [6.07, 6.45) is 5.48. The number of nitrogens with zero attached hydrogens (tertiary/aromatic N) is 2. The van der Waals surface area contributed by atoms with Crippen LogP contribution in [0.2, 0.25) is 0 Å². The van der Waals surface area contributed by atoms with E-state index in [1.54, 1.807) is 11.5 Å². The molecule has 1 N–H and O–H groups in total. The van der Waals surface area contributed by atoms with E-state index >= 15 is 0 Å². The summed E-state index contributed by atoms with van der Waals surface area (Å²) in [6, 6.07) is 0.486. The Kier molecular flexibility index (Phi) is 4.51. The summed E-state index contributed by atoms with van der Waals surface area (Å²) in [5.41, 5.74) is 1.20. The zero-order valence-corrected chi connectivity index (χ0v) is 11.9. The molecule has 1 fully saturated rings. The molecule has 0 aromatic carbocycles. The van der Waals surface area contributed by atoms with E-state index in [1.807, 2.05) is 0 Å². The van der Waals surface area contributed by atoms with Crippen LogP contribution in [-0.4, -0.2) is 16.1 Å². The van der Waals surface area contributed by atoms with E-state index in [1.165, 1.54) is 36.3 Å². The molecule has 0 spiro atoms. The maximum absolute atomic E-state index is 4.32. The van der Waals surface area contributed by atoms with Gasteiger partial charge in [0.1, 0.15) is 0 Å².